The molecule has 3 heterocycles. The van der Waals surface area contributed by atoms with Crippen molar-refractivity contribution < 1.29 is 4.42 Å². The highest BCUT2D eigenvalue weighted by molar-refractivity contribution is 6.17. The summed E-state index contributed by atoms with van der Waals surface area (Å²) in [5.74, 6) is 1.91. The Bertz CT molecular complexity index is 3280. The average molecular weight is 703 g/mol. The lowest BCUT2D eigenvalue weighted by Crippen LogP contribution is -2.01. The average Bonchev–Trinajstić information content (AvgIpc) is 3.65. The highest BCUT2D eigenvalue weighted by atomic mass is 16.3. The molecule has 3 aromatic heterocycles. The SMILES string of the molecule is c1ccc(-c2nc(-c3ccc4ccccc4c3)nc(-c3ccc(-c4ccc(-c5cccc6oc7ccncc7c56)c5ccccc45)c4ccccc34)n2)cc1. The fourth-order valence-corrected chi connectivity index (χ4v) is 8.06. The van der Waals surface area contributed by atoms with Gasteiger partial charge in [-0.2, -0.15) is 0 Å². The van der Waals surface area contributed by atoms with Gasteiger partial charge in [-0.3, -0.25) is 4.98 Å². The van der Waals surface area contributed by atoms with E-state index in [0.717, 1.165) is 77.0 Å². The van der Waals surface area contributed by atoms with Gasteiger partial charge < -0.3 is 4.42 Å². The summed E-state index contributed by atoms with van der Waals surface area (Å²) in [6.45, 7) is 0. The normalized spacial score (nSPS) is 11.6. The highest BCUT2D eigenvalue weighted by Gasteiger charge is 2.19. The smallest absolute Gasteiger partial charge is 0.164 e. The van der Waals surface area contributed by atoms with Crippen molar-refractivity contribution in [1.82, 2.24) is 19.9 Å². The predicted molar refractivity (Wildman–Crippen MR) is 225 cm³/mol. The van der Waals surface area contributed by atoms with E-state index in [1.807, 2.05) is 48.7 Å². The highest BCUT2D eigenvalue weighted by Crippen LogP contribution is 2.43. The van der Waals surface area contributed by atoms with Gasteiger partial charge in [0.25, 0.3) is 0 Å². The molecule has 0 N–H and O–H groups in total. The monoisotopic (exact) mass is 702 g/mol. The van der Waals surface area contributed by atoms with Crippen LogP contribution < -0.4 is 0 Å². The lowest BCUT2D eigenvalue weighted by Gasteiger charge is -2.16. The molecule has 5 heteroatoms. The Hall–Kier alpha value is -7.50. The minimum absolute atomic E-state index is 0.634. The van der Waals surface area contributed by atoms with Crippen molar-refractivity contribution in [2.75, 3.05) is 0 Å². The molecule has 0 amide bonds. The molecule has 8 aromatic carbocycles. The third-order valence-electron chi connectivity index (χ3n) is 10.6. The molecule has 11 rings (SSSR count). The fraction of sp³-hybridized carbons (Fsp3) is 0. The number of furan rings is 1. The first kappa shape index (κ1) is 31.1. The van der Waals surface area contributed by atoms with Crippen LogP contribution in [0.4, 0.5) is 0 Å². The van der Waals surface area contributed by atoms with Crippen LogP contribution in [0.2, 0.25) is 0 Å². The van der Waals surface area contributed by atoms with Crippen molar-refractivity contribution in [2.24, 2.45) is 0 Å². The predicted octanol–water partition coefficient (Wildman–Crippen LogP) is 13.0. The van der Waals surface area contributed by atoms with Gasteiger partial charge in [-0.15, -0.1) is 0 Å². The van der Waals surface area contributed by atoms with Crippen LogP contribution in [0, 0.1) is 0 Å². The largest absolute Gasteiger partial charge is 0.456 e. The van der Waals surface area contributed by atoms with Gasteiger partial charge in [0.15, 0.2) is 17.5 Å². The topological polar surface area (TPSA) is 64.7 Å². The van der Waals surface area contributed by atoms with Crippen LogP contribution in [-0.2, 0) is 0 Å². The van der Waals surface area contributed by atoms with Crippen molar-refractivity contribution in [3.63, 3.8) is 0 Å². The molecule has 0 unspecified atom stereocenters. The number of rotatable bonds is 5. The molecule has 5 nitrogen and oxygen atoms in total. The Labute approximate surface area is 316 Å². The zero-order chi connectivity index (χ0) is 36.3. The van der Waals surface area contributed by atoms with E-state index >= 15 is 0 Å². The van der Waals surface area contributed by atoms with Crippen molar-refractivity contribution in [3.05, 3.63) is 182 Å². The van der Waals surface area contributed by atoms with Crippen LogP contribution in [0.3, 0.4) is 0 Å². The summed E-state index contributed by atoms with van der Waals surface area (Å²) in [6, 6.07) is 59.2. The van der Waals surface area contributed by atoms with Gasteiger partial charge in [0.1, 0.15) is 11.2 Å². The van der Waals surface area contributed by atoms with Gasteiger partial charge in [-0.25, -0.2) is 15.0 Å². The third kappa shape index (κ3) is 5.17. The summed E-state index contributed by atoms with van der Waals surface area (Å²) in [5.41, 5.74) is 9.11. The van der Waals surface area contributed by atoms with E-state index in [9.17, 15) is 0 Å². The number of hydrogen-bond acceptors (Lipinski definition) is 5. The summed E-state index contributed by atoms with van der Waals surface area (Å²) in [4.78, 5) is 19.7. The molecule has 256 valence electrons. The Morgan fingerprint density at radius 1 is 0.345 bits per heavy atom. The van der Waals surface area contributed by atoms with Crippen LogP contribution in [0.1, 0.15) is 0 Å². The molecule has 0 aliphatic carbocycles. The molecule has 0 saturated carbocycles. The van der Waals surface area contributed by atoms with E-state index in [1.54, 1.807) is 6.20 Å². The second kappa shape index (κ2) is 12.6. The first-order chi connectivity index (χ1) is 27.3. The fourth-order valence-electron chi connectivity index (χ4n) is 8.06. The number of nitrogens with zero attached hydrogens (tertiary/aromatic N) is 4. The van der Waals surface area contributed by atoms with Crippen LogP contribution in [0.15, 0.2) is 187 Å². The number of hydrogen-bond donors (Lipinski definition) is 0. The molecule has 11 aromatic rings. The molecule has 0 aliphatic rings. The molecular weight excluding hydrogens is 673 g/mol. The van der Waals surface area contributed by atoms with E-state index in [2.05, 4.69) is 132 Å². The molecule has 55 heavy (non-hydrogen) atoms. The summed E-state index contributed by atoms with van der Waals surface area (Å²) in [6.07, 6.45) is 3.67. The first-order valence-electron chi connectivity index (χ1n) is 18.4. The molecule has 0 bridgehead atoms. The molecule has 0 fully saturated rings. The number of fused-ring (bicyclic) bond motifs is 6. The maximum absolute atomic E-state index is 6.24. The van der Waals surface area contributed by atoms with E-state index in [-0.39, 0.29) is 0 Å². The van der Waals surface area contributed by atoms with Crippen molar-refractivity contribution >= 4 is 54.3 Å². The number of aromatic nitrogens is 4. The zero-order valence-corrected chi connectivity index (χ0v) is 29.5. The van der Waals surface area contributed by atoms with Gasteiger partial charge in [-0.1, -0.05) is 146 Å². The maximum atomic E-state index is 6.24. The van der Waals surface area contributed by atoms with Crippen LogP contribution in [0.25, 0.3) is 111 Å². The van der Waals surface area contributed by atoms with Crippen molar-refractivity contribution in [3.8, 4) is 56.4 Å². The second-order valence-electron chi connectivity index (χ2n) is 13.8. The Morgan fingerprint density at radius 3 is 1.65 bits per heavy atom. The molecule has 0 aliphatic heterocycles. The Kier molecular flexibility index (Phi) is 7.10. The zero-order valence-electron chi connectivity index (χ0n) is 29.5. The van der Waals surface area contributed by atoms with Crippen molar-refractivity contribution in [1.29, 1.82) is 0 Å². The molecular formula is C50H30N4O. The molecule has 0 atom stereocenters. The minimum Gasteiger partial charge on any atom is -0.456 e. The summed E-state index contributed by atoms with van der Waals surface area (Å²) >= 11 is 0. The molecule has 0 radical (unpaired) electrons. The Morgan fingerprint density at radius 2 is 0.927 bits per heavy atom. The van der Waals surface area contributed by atoms with E-state index in [4.69, 9.17) is 19.4 Å². The summed E-state index contributed by atoms with van der Waals surface area (Å²) in [7, 11) is 0. The summed E-state index contributed by atoms with van der Waals surface area (Å²) < 4.78 is 6.24. The van der Waals surface area contributed by atoms with Gasteiger partial charge in [-0.05, 0) is 78.8 Å². The van der Waals surface area contributed by atoms with Crippen LogP contribution in [0.5, 0.6) is 0 Å². The van der Waals surface area contributed by atoms with E-state index in [0.29, 0.717) is 17.5 Å². The Balaban J connectivity index is 1.10. The van der Waals surface area contributed by atoms with Gasteiger partial charge in [0, 0.05) is 39.9 Å². The molecule has 0 saturated heterocycles. The lowest BCUT2D eigenvalue weighted by atomic mass is 9.88. The minimum atomic E-state index is 0.634. The van der Waals surface area contributed by atoms with Crippen LogP contribution >= 0.6 is 0 Å². The second-order valence-corrected chi connectivity index (χ2v) is 13.8. The van der Waals surface area contributed by atoms with Gasteiger partial charge in [0.05, 0.1) is 0 Å². The quantitative estimate of drug-likeness (QED) is 0.179. The van der Waals surface area contributed by atoms with Gasteiger partial charge >= 0.3 is 0 Å². The molecule has 0 spiro atoms. The number of benzene rings is 8. The summed E-state index contributed by atoms with van der Waals surface area (Å²) in [5, 5.41) is 8.95. The first-order valence-corrected chi connectivity index (χ1v) is 18.4. The third-order valence-corrected chi connectivity index (χ3v) is 10.6. The van der Waals surface area contributed by atoms with Gasteiger partial charge in [0.2, 0.25) is 0 Å². The maximum Gasteiger partial charge on any atom is 0.164 e. The standard InChI is InChI=1S/C50H30N4O/c1-2-12-32(13-3-1)48-52-49(34-22-21-31-11-4-5-14-33(31)29-34)54-50(53-48)43-26-25-40(37-17-8-9-18-38(37)43)39-23-24-41(36-16-7-6-15-35(36)39)42-19-10-20-46-47(42)44-30-51-28-27-45(44)55-46/h1-30H. The number of pyridine rings is 1. The van der Waals surface area contributed by atoms with E-state index < -0.39 is 0 Å². The lowest BCUT2D eigenvalue weighted by molar-refractivity contribution is 0.668. The van der Waals surface area contributed by atoms with Crippen molar-refractivity contribution in [2.45, 2.75) is 0 Å². The van der Waals surface area contributed by atoms with Crippen LogP contribution in [-0.4, -0.2) is 19.9 Å². The van der Waals surface area contributed by atoms with E-state index in [1.165, 1.54) is 16.2 Å².